The Balaban J connectivity index is 2.17. The average molecular weight is 266 g/mol. The lowest BCUT2D eigenvalue weighted by atomic mass is 9.73. The summed E-state index contributed by atoms with van der Waals surface area (Å²) >= 11 is 0. The number of rotatable bonds is 4. The molecule has 0 heterocycles. The van der Waals surface area contributed by atoms with Gasteiger partial charge in [0.05, 0.1) is 13.2 Å². The molecule has 1 aromatic rings. The summed E-state index contributed by atoms with van der Waals surface area (Å²) in [6, 6.07) is 4.77. The van der Waals surface area contributed by atoms with Crippen LogP contribution in [0.2, 0.25) is 0 Å². The normalized spacial score (nSPS) is 25.1. The molecule has 0 saturated heterocycles. The van der Waals surface area contributed by atoms with E-state index in [-0.39, 0.29) is 11.7 Å². The van der Waals surface area contributed by atoms with Gasteiger partial charge in [-0.25, -0.2) is 4.39 Å². The van der Waals surface area contributed by atoms with E-state index in [0.717, 1.165) is 19.3 Å². The molecule has 3 unspecified atom stereocenters. The van der Waals surface area contributed by atoms with Gasteiger partial charge in [0, 0.05) is 0 Å². The molecule has 3 heteroatoms. The van der Waals surface area contributed by atoms with Gasteiger partial charge in [-0.05, 0) is 36.0 Å². The molecule has 106 valence electrons. The van der Waals surface area contributed by atoms with Gasteiger partial charge in [-0.3, -0.25) is 0 Å². The number of hydrogen-bond acceptors (Lipinski definition) is 2. The largest absolute Gasteiger partial charge is 0.494 e. The van der Waals surface area contributed by atoms with Crippen molar-refractivity contribution >= 4 is 0 Å². The van der Waals surface area contributed by atoms with Gasteiger partial charge < -0.3 is 9.84 Å². The molecule has 1 fully saturated rings. The van der Waals surface area contributed by atoms with Gasteiger partial charge in [-0.15, -0.1) is 0 Å². The third-order valence-corrected chi connectivity index (χ3v) is 4.42. The summed E-state index contributed by atoms with van der Waals surface area (Å²) in [6.07, 6.45) is 5.14. The average Bonchev–Trinajstić information content (AvgIpc) is 2.46. The molecule has 0 aromatic heterocycles. The zero-order chi connectivity index (χ0) is 13.8. The topological polar surface area (TPSA) is 29.5 Å². The van der Waals surface area contributed by atoms with Gasteiger partial charge >= 0.3 is 0 Å². The van der Waals surface area contributed by atoms with Crippen LogP contribution in [0.15, 0.2) is 18.2 Å². The van der Waals surface area contributed by atoms with E-state index >= 15 is 0 Å². The minimum atomic E-state index is -0.564. The van der Waals surface area contributed by atoms with E-state index in [1.54, 1.807) is 12.1 Å². The fourth-order valence-corrected chi connectivity index (χ4v) is 3.27. The van der Waals surface area contributed by atoms with Crippen molar-refractivity contribution in [1.82, 2.24) is 0 Å². The Labute approximate surface area is 114 Å². The highest BCUT2D eigenvalue weighted by Gasteiger charge is 2.30. The highest BCUT2D eigenvalue weighted by molar-refractivity contribution is 5.30. The maximum Gasteiger partial charge on any atom is 0.165 e. The highest BCUT2D eigenvalue weighted by Crippen LogP contribution is 2.40. The summed E-state index contributed by atoms with van der Waals surface area (Å²) in [4.78, 5) is 0. The summed E-state index contributed by atoms with van der Waals surface area (Å²) in [5.74, 6) is 0.634. The van der Waals surface area contributed by atoms with Crippen LogP contribution in [0.4, 0.5) is 4.39 Å². The molecule has 19 heavy (non-hydrogen) atoms. The molecule has 0 spiro atoms. The third-order valence-electron chi connectivity index (χ3n) is 4.42. The first-order valence-electron chi connectivity index (χ1n) is 7.18. The van der Waals surface area contributed by atoms with E-state index in [9.17, 15) is 9.50 Å². The van der Waals surface area contributed by atoms with Crippen molar-refractivity contribution in [3.8, 4) is 5.75 Å². The number of halogens is 1. The molecule has 0 bridgehead atoms. The fourth-order valence-electron chi connectivity index (χ4n) is 3.27. The molecule has 0 radical (unpaired) electrons. The number of methoxy groups -OCH3 is 1. The lowest BCUT2D eigenvalue weighted by molar-refractivity contribution is 0.0449. The molecule has 0 amide bonds. The lowest BCUT2D eigenvalue weighted by Gasteiger charge is -2.34. The molecule has 1 N–H and O–H groups in total. The zero-order valence-electron chi connectivity index (χ0n) is 11.7. The van der Waals surface area contributed by atoms with Gasteiger partial charge in [-0.1, -0.05) is 38.7 Å². The van der Waals surface area contributed by atoms with Crippen molar-refractivity contribution in [2.75, 3.05) is 7.11 Å². The molecule has 1 aliphatic carbocycles. The van der Waals surface area contributed by atoms with Crippen molar-refractivity contribution in [1.29, 1.82) is 0 Å². The number of aliphatic hydroxyl groups is 1. The fraction of sp³-hybridized carbons (Fsp3) is 0.625. The third kappa shape index (κ3) is 3.08. The van der Waals surface area contributed by atoms with Crippen LogP contribution in [0.25, 0.3) is 0 Å². The zero-order valence-corrected chi connectivity index (χ0v) is 11.7. The van der Waals surface area contributed by atoms with Gasteiger partial charge in [0.1, 0.15) is 0 Å². The standard InChI is InChI=1S/C16H23FO2/c1-3-11-6-4-5-7-13(11)16(18)12-8-9-15(19-2)14(17)10-12/h8-11,13,16,18H,3-7H2,1-2H3. The van der Waals surface area contributed by atoms with Gasteiger partial charge in [0.25, 0.3) is 0 Å². The summed E-state index contributed by atoms with van der Waals surface area (Å²) < 4.78 is 18.6. The van der Waals surface area contributed by atoms with Crippen molar-refractivity contribution in [3.63, 3.8) is 0 Å². The maximum absolute atomic E-state index is 13.7. The Kier molecular flexibility index (Phi) is 4.81. The Morgan fingerprint density at radius 1 is 1.37 bits per heavy atom. The Bertz CT molecular complexity index is 419. The van der Waals surface area contributed by atoms with E-state index in [0.29, 0.717) is 11.5 Å². The van der Waals surface area contributed by atoms with Crippen LogP contribution >= 0.6 is 0 Å². The molecular formula is C16H23FO2. The summed E-state index contributed by atoms with van der Waals surface area (Å²) in [7, 11) is 1.45. The second-order valence-electron chi connectivity index (χ2n) is 5.46. The van der Waals surface area contributed by atoms with Crippen LogP contribution < -0.4 is 4.74 Å². The lowest BCUT2D eigenvalue weighted by Crippen LogP contribution is -2.25. The summed E-state index contributed by atoms with van der Waals surface area (Å²) in [5, 5.41) is 10.5. The van der Waals surface area contributed by atoms with Crippen molar-refractivity contribution in [2.24, 2.45) is 11.8 Å². The van der Waals surface area contributed by atoms with Gasteiger partial charge in [-0.2, -0.15) is 0 Å². The van der Waals surface area contributed by atoms with E-state index < -0.39 is 11.9 Å². The van der Waals surface area contributed by atoms with Crippen LogP contribution in [-0.2, 0) is 0 Å². The smallest absolute Gasteiger partial charge is 0.165 e. The predicted octanol–water partition coefficient (Wildman–Crippen LogP) is 4.08. The first-order chi connectivity index (χ1) is 9.17. The Morgan fingerprint density at radius 3 is 2.74 bits per heavy atom. The van der Waals surface area contributed by atoms with Gasteiger partial charge in [0.15, 0.2) is 11.6 Å². The van der Waals surface area contributed by atoms with Crippen LogP contribution in [-0.4, -0.2) is 12.2 Å². The second-order valence-corrected chi connectivity index (χ2v) is 5.46. The molecule has 1 saturated carbocycles. The quantitative estimate of drug-likeness (QED) is 0.889. The van der Waals surface area contributed by atoms with E-state index in [1.165, 1.54) is 26.0 Å². The minimum Gasteiger partial charge on any atom is -0.494 e. The monoisotopic (exact) mass is 266 g/mol. The summed E-state index contributed by atoms with van der Waals surface area (Å²) in [5.41, 5.74) is 0.670. The molecular weight excluding hydrogens is 243 g/mol. The van der Waals surface area contributed by atoms with Crippen LogP contribution in [0.1, 0.15) is 50.7 Å². The van der Waals surface area contributed by atoms with E-state index in [1.807, 2.05) is 0 Å². The Hall–Kier alpha value is -1.09. The van der Waals surface area contributed by atoms with Crippen LogP contribution in [0.3, 0.4) is 0 Å². The number of benzene rings is 1. The predicted molar refractivity (Wildman–Crippen MR) is 73.7 cm³/mol. The summed E-state index contributed by atoms with van der Waals surface area (Å²) in [6.45, 7) is 2.17. The van der Waals surface area contributed by atoms with Gasteiger partial charge in [0.2, 0.25) is 0 Å². The number of hydrogen-bond donors (Lipinski definition) is 1. The SMILES string of the molecule is CCC1CCCCC1C(O)c1ccc(OC)c(F)c1. The van der Waals surface area contributed by atoms with Crippen molar-refractivity contribution < 1.29 is 14.2 Å². The molecule has 0 aliphatic heterocycles. The number of aliphatic hydroxyl groups excluding tert-OH is 1. The first-order valence-corrected chi connectivity index (χ1v) is 7.18. The van der Waals surface area contributed by atoms with Crippen LogP contribution in [0.5, 0.6) is 5.75 Å². The molecule has 1 aromatic carbocycles. The van der Waals surface area contributed by atoms with Crippen LogP contribution in [0, 0.1) is 17.7 Å². The first kappa shape index (κ1) is 14.3. The minimum absolute atomic E-state index is 0.228. The molecule has 1 aliphatic rings. The molecule has 2 nitrogen and oxygen atoms in total. The highest BCUT2D eigenvalue weighted by atomic mass is 19.1. The van der Waals surface area contributed by atoms with E-state index in [4.69, 9.17) is 4.74 Å². The van der Waals surface area contributed by atoms with Crippen molar-refractivity contribution in [2.45, 2.75) is 45.1 Å². The maximum atomic E-state index is 13.7. The molecule has 2 rings (SSSR count). The number of ether oxygens (including phenoxy) is 1. The molecule has 3 atom stereocenters. The van der Waals surface area contributed by atoms with E-state index in [2.05, 4.69) is 6.92 Å². The van der Waals surface area contributed by atoms with Crippen molar-refractivity contribution in [3.05, 3.63) is 29.6 Å². The second kappa shape index (κ2) is 6.38. The Morgan fingerprint density at radius 2 is 2.11 bits per heavy atom.